The van der Waals surface area contributed by atoms with E-state index in [0.29, 0.717) is 18.0 Å². The average molecular weight is 298 g/mol. The van der Waals surface area contributed by atoms with Gasteiger partial charge in [0.05, 0.1) is 12.1 Å². The molecule has 0 radical (unpaired) electrons. The number of carbonyl (C=O) groups is 1. The van der Waals surface area contributed by atoms with Gasteiger partial charge >= 0.3 is 0 Å². The number of hydrogen-bond acceptors (Lipinski definition) is 5. The third-order valence-electron chi connectivity index (χ3n) is 3.46. The van der Waals surface area contributed by atoms with Crippen molar-refractivity contribution in [1.82, 2.24) is 10.9 Å². The van der Waals surface area contributed by atoms with Gasteiger partial charge in [0.25, 0.3) is 0 Å². The fourth-order valence-corrected chi connectivity index (χ4v) is 2.24. The quantitative estimate of drug-likeness (QED) is 0.686. The van der Waals surface area contributed by atoms with Gasteiger partial charge in [-0.15, -0.1) is 0 Å². The van der Waals surface area contributed by atoms with Crippen molar-refractivity contribution in [3.05, 3.63) is 54.6 Å². The fourth-order valence-electron chi connectivity index (χ4n) is 2.24. The van der Waals surface area contributed by atoms with Crippen LogP contribution >= 0.6 is 0 Å². The van der Waals surface area contributed by atoms with E-state index in [2.05, 4.69) is 16.2 Å². The lowest BCUT2D eigenvalue weighted by Gasteiger charge is -2.14. The Bertz CT molecular complexity index is 630. The lowest BCUT2D eigenvalue weighted by atomic mass is 10.1. The second kappa shape index (κ2) is 6.57. The molecule has 2 aromatic rings. The van der Waals surface area contributed by atoms with Crippen molar-refractivity contribution in [1.29, 1.82) is 0 Å². The third kappa shape index (κ3) is 3.43. The van der Waals surface area contributed by atoms with Crippen molar-refractivity contribution in [2.75, 3.05) is 11.9 Å². The summed E-state index contributed by atoms with van der Waals surface area (Å²) in [5.41, 5.74) is 12.2. The SMILES string of the molecule is NC1NNCC1C(=O)Nc1ccc(Oc2ccccc2)cc1. The number of hydrogen-bond donors (Lipinski definition) is 4. The van der Waals surface area contributed by atoms with E-state index in [1.807, 2.05) is 42.5 Å². The van der Waals surface area contributed by atoms with Crippen LogP contribution in [-0.2, 0) is 4.79 Å². The molecule has 114 valence electrons. The molecule has 6 heteroatoms. The summed E-state index contributed by atoms with van der Waals surface area (Å²) in [7, 11) is 0. The lowest BCUT2D eigenvalue weighted by molar-refractivity contribution is -0.119. The van der Waals surface area contributed by atoms with Crippen molar-refractivity contribution < 1.29 is 9.53 Å². The second-order valence-electron chi connectivity index (χ2n) is 5.09. The predicted octanol–water partition coefficient (Wildman–Crippen LogP) is 1.43. The molecule has 2 atom stereocenters. The summed E-state index contributed by atoms with van der Waals surface area (Å²) in [6, 6.07) is 16.8. The van der Waals surface area contributed by atoms with Crippen LogP contribution < -0.4 is 26.6 Å². The average Bonchev–Trinajstić information content (AvgIpc) is 2.96. The Morgan fingerprint density at radius 1 is 1.09 bits per heavy atom. The maximum Gasteiger partial charge on any atom is 0.231 e. The minimum atomic E-state index is -0.374. The number of anilines is 1. The maximum atomic E-state index is 12.1. The number of benzene rings is 2. The zero-order valence-corrected chi connectivity index (χ0v) is 12.0. The Hall–Kier alpha value is -2.41. The van der Waals surface area contributed by atoms with Crippen LogP contribution in [0, 0.1) is 5.92 Å². The van der Waals surface area contributed by atoms with Gasteiger partial charge in [0.1, 0.15) is 11.5 Å². The summed E-state index contributed by atoms with van der Waals surface area (Å²) >= 11 is 0. The number of rotatable bonds is 4. The minimum absolute atomic E-state index is 0.110. The molecule has 1 saturated heterocycles. The summed E-state index contributed by atoms with van der Waals surface area (Å²) in [5, 5.41) is 2.85. The van der Waals surface area contributed by atoms with Crippen molar-refractivity contribution >= 4 is 11.6 Å². The van der Waals surface area contributed by atoms with Crippen LogP contribution in [0.1, 0.15) is 0 Å². The van der Waals surface area contributed by atoms with E-state index in [4.69, 9.17) is 10.5 Å². The number of hydrazine groups is 1. The maximum absolute atomic E-state index is 12.1. The number of amides is 1. The first kappa shape index (κ1) is 14.5. The van der Waals surface area contributed by atoms with Gasteiger partial charge in [0.2, 0.25) is 5.91 Å². The van der Waals surface area contributed by atoms with Crippen LogP contribution in [0.25, 0.3) is 0 Å². The molecule has 2 unspecified atom stereocenters. The summed E-state index contributed by atoms with van der Waals surface area (Å²) in [4.78, 5) is 12.1. The van der Waals surface area contributed by atoms with Gasteiger partial charge in [-0.2, -0.15) is 0 Å². The first-order valence-corrected chi connectivity index (χ1v) is 7.10. The number of para-hydroxylation sites is 1. The molecule has 6 nitrogen and oxygen atoms in total. The Kier molecular flexibility index (Phi) is 4.34. The molecule has 1 fully saturated rings. The Morgan fingerprint density at radius 2 is 1.77 bits per heavy atom. The highest BCUT2D eigenvalue weighted by Gasteiger charge is 2.29. The molecule has 0 spiro atoms. The van der Waals surface area contributed by atoms with Crippen molar-refractivity contribution in [3.8, 4) is 11.5 Å². The van der Waals surface area contributed by atoms with Crippen LogP contribution in [0.5, 0.6) is 11.5 Å². The molecule has 5 N–H and O–H groups in total. The molecule has 2 aromatic carbocycles. The van der Waals surface area contributed by atoms with Gasteiger partial charge in [-0.05, 0) is 36.4 Å². The molecule has 0 aromatic heterocycles. The van der Waals surface area contributed by atoms with E-state index in [-0.39, 0.29) is 18.0 Å². The monoisotopic (exact) mass is 298 g/mol. The van der Waals surface area contributed by atoms with Crippen LogP contribution in [0.15, 0.2) is 54.6 Å². The molecule has 0 bridgehead atoms. The third-order valence-corrected chi connectivity index (χ3v) is 3.46. The highest BCUT2D eigenvalue weighted by molar-refractivity contribution is 5.93. The number of ether oxygens (including phenoxy) is 1. The van der Waals surface area contributed by atoms with Gasteiger partial charge in [-0.25, -0.2) is 5.43 Å². The standard InChI is InChI=1S/C16H18N4O2/c17-15-14(10-18-20-15)16(21)19-11-6-8-13(9-7-11)22-12-4-2-1-3-5-12/h1-9,14-15,18,20H,10,17H2,(H,19,21). The fraction of sp³-hybridized carbons (Fsp3) is 0.188. The molecule has 1 amide bonds. The highest BCUT2D eigenvalue weighted by Crippen LogP contribution is 2.23. The Labute approximate surface area is 128 Å². The van der Waals surface area contributed by atoms with E-state index in [1.165, 1.54) is 0 Å². The molecule has 1 heterocycles. The highest BCUT2D eigenvalue weighted by atomic mass is 16.5. The van der Waals surface area contributed by atoms with E-state index >= 15 is 0 Å². The second-order valence-corrected chi connectivity index (χ2v) is 5.09. The molecule has 22 heavy (non-hydrogen) atoms. The van der Waals surface area contributed by atoms with Gasteiger partial charge in [0.15, 0.2) is 0 Å². The molecule has 0 aliphatic carbocycles. The van der Waals surface area contributed by atoms with Crippen LogP contribution in [-0.4, -0.2) is 18.6 Å². The van der Waals surface area contributed by atoms with Crippen molar-refractivity contribution in [2.45, 2.75) is 6.17 Å². The van der Waals surface area contributed by atoms with E-state index in [9.17, 15) is 4.79 Å². The largest absolute Gasteiger partial charge is 0.457 e. The molecular formula is C16H18N4O2. The first-order valence-electron chi connectivity index (χ1n) is 7.10. The molecule has 1 aliphatic heterocycles. The van der Waals surface area contributed by atoms with E-state index in [1.54, 1.807) is 12.1 Å². The van der Waals surface area contributed by atoms with Gasteiger partial charge < -0.3 is 15.8 Å². The number of nitrogens with one attached hydrogen (secondary N) is 3. The molecule has 1 aliphatic rings. The van der Waals surface area contributed by atoms with E-state index < -0.39 is 0 Å². The Morgan fingerprint density at radius 3 is 2.41 bits per heavy atom. The van der Waals surface area contributed by atoms with Crippen LogP contribution in [0.2, 0.25) is 0 Å². The molecule has 3 rings (SSSR count). The first-order chi connectivity index (χ1) is 10.7. The summed E-state index contributed by atoms with van der Waals surface area (Å²) in [6.07, 6.45) is -0.374. The zero-order valence-electron chi connectivity index (χ0n) is 12.0. The predicted molar refractivity (Wildman–Crippen MR) is 84.2 cm³/mol. The normalized spacial score (nSPS) is 20.6. The minimum Gasteiger partial charge on any atom is -0.457 e. The zero-order chi connectivity index (χ0) is 15.4. The lowest BCUT2D eigenvalue weighted by Crippen LogP contribution is -2.43. The van der Waals surface area contributed by atoms with Crippen molar-refractivity contribution in [3.63, 3.8) is 0 Å². The molecule has 0 saturated carbocycles. The number of nitrogens with two attached hydrogens (primary N) is 1. The summed E-state index contributed by atoms with van der Waals surface area (Å²) in [5.74, 6) is 1.08. The summed E-state index contributed by atoms with van der Waals surface area (Å²) in [6.45, 7) is 0.516. The van der Waals surface area contributed by atoms with Gasteiger partial charge in [-0.3, -0.25) is 10.2 Å². The van der Waals surface area contributed by atoms with Crippen LogP contribution in [0.4, 0.5) is 5.69 Å². The number of carbonyl (C=O) groups excluding carboxylic acids is 1. The smallest absolute Gasteiger partial charge is 0.231 e. The molecular weight excluding hydrogens is 280 g/mol. The Balaban J connectivity index is 1.61. The van der Waals surface area contributed by atoms with E-state index in [0.717, 1.165) is 5.75 Å². The van der Waals surface area contributed by atoms with Crippen molar-refractivity contribution in [2.24, 2.45) is 11.7 Å². The topological polar surface area (TPSA) is 88.4 Å². The van der Waals surface area contributed by atoms with Gasteiger partial charge in [0, 0.05) is 12.2 Å². The van der Waals surface area contributed by atoms with Crippen LogP contribution in [0.3, 0.4) is 0 Å². The summed E-state index contributed by atoms with van der Waals surface area (Å²) < 4.78 is 5.70. The van der Waals surface area contributed by atoms with Gasteiger partial charge in [-0.1, -0.05) is 18.2 Å².